The van der Waals surface area contributed by atoms with Gasteiger partial charge in [-0.25, -0.2) is 4.98 Å². The molecule has 0 spiro atoms. The number of fused-ring (bicyclic) bond motifs is 1. The Kier molecular flexibility index (Phi) is 3.72. The number of methoxy groups -OCH3 is 1. The van der Waals surface area contributed by atoms with E-state index in [1.54, 1.807) is 7.11 Å². The van der Waals surface area contributed by atoms with E-state index in [2.05, 4.69) is 15.3 Å². The molecular weight excluding hydrogens is 286 g/mol. The lowest BCUT2D eigenvalue weighted by atomic mass is 10.1. The van der Waals surface area contributed by atoms with E-state index in [0.29, 0.717) is 17.8 Å². The minimum atomic E-state index is -0.118. The molecule has 0 radical (unpaired) electrons. The summed E-state index contributed by atoms with van der Waals surface area (Å²) in [4.78, 5) is 20.4. The Labute approximate surface area is 125 Å². The molecule has 3 aromatic rings. The number of thiophene rings is 1. The fourth-order valence-corrected chi connectivity index (χ4v) is 3.27. The third-order valence-electron chi connectivity index (χ3n) is 3.23. The van der Waals surface area contributed by atoms with Gasteiger partial charge in [-0.15, -0.1) is 11.3 Å². The molecule has 0 aliphatic rings. The summed E-state index contributed by atoms with van der Waals surface area (Å²) < 4.78 is 5.38. The Bertz CT molecular complexity index is 838. The predicted molar refractivity (Wildman–Crippen MR) is 85.0 cm³/mol. The van der Waals surface area contributed by atoms with Gasteiger partial charge in [-0.1, -0.05) is 18.2 Å². The molecule has 2 heterocycles. The fourth-order valence-electron chi connectivity index (χ4n) is 2.31. The third kappa shape index (κ3) is 2.43. The van der Waals surface area contributed by atoms with Gasteiger partial charge in [-0.3, -0.25) is 4.79 Å². The first-order valence-corrected chi connectivity index (χ1v) is 7.41. The van der Waals surface area contributed by atoms with Crippen molar-refractivity contribution >= 4 is 21.6 Å². The quantitative estimate of drug-likeness (QED) is 0.776. The lowest BCUT2D eigenvalue weighted by Gasteiger charge is -2.07. The summed E-state index contributed by atoms with van der Waals surface area (Å²) in [7, 11) is 3.44. The summed E-state index contributed by atoms with van der Waals surface area (Å²) in [6.45, 7) is 0.535. The Hall–Kier alpha value is -2.18. The van der Waals surface area contributed by atoms with Gasteiger partial charge in [0.05, 0.1) is 19.0 Å². The normalized spacial score (nSPS) is 11.0. The number of nitrogens with one attached hydrogen (secondary N) is 2. The van der Waals surface area contributed by atoms with Gasteiger partial charge in [-0.2, -0.15) is 0 Å². The van der Waals surface area contributed by atoms with Crippen LogP contribution in [0.15, 0.2) is 34.4 Å². The Morgan fingerprint density at radius 1 is 1.33 bits per heavy atom. The van der Waals surface area contributed by atoms with Gasteiger partial charge >= 0.3 is 0 Å². The average molecular weight is 301 g/mol. The molecule has 3 rings (SSSR count). The van der Waals surface area contributed by atoms with Crippen LogP contribution in [0.1, 0.15) is 5.82 Å². The number of aromatic nitrogens is 2. The molecule has 0 bridgehead atoms. The molecule has 0 atom stereocenters. The van der Waals surface area contributed by atoms with Crippen molar-refractivity contribution in [2.24, 2.45) is 0 Å². The van der Waals surface area contributed by atoms with E-state index in [9.17, 15) is 4.79 Å². The smallest absolute Gasteiger partial charge is 0.260 e. The predicted octanol–water partition coefficient (Wildman–Crippen LogP) is 2.38. The number of para-hydroxylation sites is 1. The molecule has 0 amide bonds. The maximum atomic E-state index is 12.4. The maximum Gasteiger partial charge on any atom is 0.260 e. The van der Waals surface area contributed by atoms with Crippen molar-refractivity contribution in [3.05, 3.63) is 45.8 Å². The molecule has 0 aliphatic heterocycles. The highest BCUT2D eigenvalue weighted by molar-refractivity contribution is 7.17. The lowest BCUT2D eigenvalue weighted by molar-refractivity contribution is 0.416. The van der Waals surface area contributed by atoms with E-state index >= 15 is 0 Å². The highest BCUT2D eigenvalue weighted by Gasteiger charge is 2.15. The fraction of sp³-hybridized carbons (Fsp3) is 0.200. The summed E-state index contributed by atoms with van der Waals surface area (Å²) in [5, 5.41) is 5.55. The number of aromatic amines is 1. The topological polar surface area (TPSA) is 67.0 Å². The second-order valence-corrected chi connectivity index (χ2v) is 5.43. The van der Waals surface area contributed by atoms with Crippen LogP contribution in [-0.4, -0.2) is 24.1 Å². The van der Waals surface area contributed by atoms with Crippen LogP contribution in [0.5, 0.6) is 5.75 Å². The number of rotatable bonds is 4. The molecule has 0 unspecified atom stereocenters. The summed E-state index contributed by atoms with van der Waals surface area (Å²) in [5.41, 5.74) is 1.64. The zero-order valence-corrected chi connectivity index (χ0v) is 12.6. The SMILES string of the molecule is CNCc1nc2scc(-c3ccccc3OC)c2c(=O)[nH]1. The van der Waals surface area contributed by atoms with Crippen LogP contribution in [0.3, 0.4) is 0 Å². The van der Waals surface area contributed by atoms with E-state index in [4.69, 9.17) is 4.74 Å². The molecule has 5 nitrogen and oxygen atoms in total. The number of hydrogen-bond acceptors (Lipinski definition) is 5. The number of H-pyrrole nitrogens is 1. The molecule has 108 valence electrons. The monoisotopic (exact) mass is 301 g/mol. The second-order valence-electron chi connectivity index (χ2n) is 4.57. The molecular formula is C15H15N3O2S. The zero-order chi connectivity index (χ0) is 14.8. The third-order valence-corrected chi connectivity index (χ3v) is 4.11. The first-order chi connectivity index (χ1) is 10.2. The second kappa shape index (κ2) is 5.67. The van der Waals surface area contributed by atoms with E-state index in [1.807, 2.05) is 36.7 Å². The van der Waals surface area contributed by atoms with Crippen LogP contribution >= 0.6 is 11.3 Å². The van der Waals surface area contributed by atoms with Gasteiger partial charge in [0.1, 0.15) is 16.4 Å². The summed E-state index contributed by atoms with van der Waals surface area (Å²) >= 11 is 1.47. The Morgan fingerprint density at radius 2 is 2.14 bits per heavy atom. The zero-order valence-electron chi connectivity index (χ0n) is 11.8. The van der Waals surface area contributed by atoms with Gasteiger partial charge < -0.3 is 15.0 Å². The van der Waals surface area contributed by atoms with Crippen LogP contribution in [0, 0.1) is 0 Å². The molecule has 0 saturated carbocycles. The van der Waals surface area contributed by atoms with Crippen LogP contribution in [-0.2, 0) is 6.54 Å². The van der Waals surface area contributed by atoms with Crippen molar-refractivity contribution in [3.8, 4) is 16.9 Å². The standard InChI is InChI=1S/C15H15N3O2S/c1-16-7-12-17-14(19)13-10(8-21-15(13)18-12)9-5-3-4-6-11(9)20-2/h3-6,8,16H,7H2,1-2H3,(H,17,18,19). The van der Waals surface area contributed by atoms with Crippen LogP contribution < -0.4 is 15.6 Å². The molecule has 21 heavy (non-hydrogen) atoms. The summed E-state index contributed by atoms with van der Waals surface area (Å²) in [6, 6.07) is 7.67. The minimum Gasteiger partial charge on any atom is -0.496 e. The first-order valence-electron chi connectivity index (χ1n) is 6.53. The molecule has 0 aliphatic carbocycles. The number of nitrogens with zero attached hydrogens (tertiary/aromatic N) is 1. The van der Waals surface area contributed by atoms with Gasteiger partial charge in [0, 0.05) is 16.5 Å². The van der Waals surface area contributed by atoms with Crippen molar-refractivity contribution in [3.63, 3.8) is 0 Å². The average Bonchev–Trinajstić information content (AvgIpc) is 2.92. The Balaban J connectivity index is 2.23. The van der Waals surface area contributed by atoms with Crippen LogP contribution in [0.2, 0.25) is 0 Å². The highest BCUT2D eigenvalue weighted by atomic mass is 32.1. The largest absolute Gasteiger partial charge is 0.496 e. The number of ether oxygens (including phenoxy) is 1. The molecule has 6 heteroatoms. The van der Waals surface area contributed by atoms with Crippen molar-refractivity contribution in [1.82, 2.24) is 15.3 Å². The van der Waals surface area contributed by atoms with E-state index in [-0.39, 0.29) is 5.56 Å². The van der Waals surface area contributed by atoms with Crippen molar-refractivity contribution in [2.75, 3.05) is 14.2 Å². The van der Waals surface area contributed by atoms with E-state index < -0.39 is 0 Å². The molecule has 0 fully saturated rings. The Morgan fingerprint density at radius 3 is 2.90 bits per heavy atom. The summed E-state index contributed by atoms with van der Waals surface area (Å²) in [5.74, 6) is 1.39. The lowest BCUT2D eigenvalue weighted by Crippen LogP contribution is -2.16. The van der Waals surface area contributed by atoms with Gasteiger partial charge in [-0.05, 0) is 13.1 Å². The van der Waals surface area contributed by atoms with E-state index in [1.165, 1.54) is 11.3 Å². The number of benzene rings is 1. The van der Waals surface area contributed by atoms with Gasteiger partial charge in [0.2, 0.25) is 0 Å². The van der Waals surface area contributed by atoms with Crippen molar-refractivity contribution in [2.45, 2.75) is 6.54 Å². The highest BCUT2D eigenvalue weighted by Crippen LogP contribution is 2.36. The molecule has 2 aromatic heterocycles. The van der Waals surface area contributed by atoms with E-state index in [0.717, 1.165) is 21.7 Å². The van der Waals surface area contributed by atoms with Crippen molar-refractivity contribution < 1.29 is 4.74 Å². The van der Waals surface area contributed by atoms with Crippen molar-refractivity contribution in [1.29, 1.82) is 0 Å². The summed E-state index contributed by atoms with van der Waals surface area (Å²) in [6.07, 6.45) is 0. The number of hydrogen-bond donors (Lipinski definition) is 2. The molecule has 2 N–H and O–H groups in total. The first kappa shape index (κ1) is 13.8. The van der Waals surface area contributed by atoms with Crippen LogP contribution in [0.25, 0.3) is 21.3 Å². The van der Waals surface area contributed by atoms with Gasteiger partial charge in [0.25, 0.3) is 5.56 Å². The van der Waals surface area contributed by atoms with Gasteiger partial charge in [0.15, 0.2) is 0 Å². The molecule has 0 saturated heterocycles. The minimum absolute atomic E-state index is 0.118. The van der Waals surface area contributed by atoms with Crippen LogP contribution in [0.4, 0.5) is 0 Å². The molecule has 1 aromatic carbocycles. The maximum absolute atomic E-state index is 12.4.